The second kappa shape index (κ2) is 11.3. The van der Waals surface area contributed by atoms with Crippen molar-refractivity contribution in [3.8, 4) is 0 Å². The van der Waals surface area contributed by atoms with Gasteiger partial charge in [0.05, 0.1) is 24.8 Å². The maximum atomic E-state index is 5.51. The summed E-state index contributed by atoms with van der Waals surface area (Å²) < 4.78 is 5.51. The quantitative estimate of drug-likeness (QED) is 0.387. The number of thiophene rings is 1. The Kier molecular flexibility index (Phi) is 9.44. The van der Waals surface area contributed by atoms with Crippen molar-refractivity contribution >= 4 is 46.3 Å². The molecule has 0 bridgehead atoms. The van der Waals surface area contributed by atoms with Crippen LogP contribution in [0.5, 0.6) is 0 Å². The second-order valence-electron chi connectivity index (χ2n) is 6.62. The molecule has 3 heterocycles. The smallest absolute Gasteiger partial charge is 0.194 e. The standard InChI is InChI=1S/C18H31N5OS.HI/c1-3-19-18(20-6-7-21-12-13-24-15-16(21)2)23-10-8-22(9-11-23)17-5-4-14-25-17;/h4-5,14,16H,3,6-13,15H2,1-2H3,(H,19,20);1H. The van der Waals surface area contributed by atoms with Gasteiger partial charge in [-0.25, -0.2) is 0 Å². The Morgan fingerprint density at radius 1 is 1.31 bits per heavy atom. The molecule has 1 aromatic rings. The van der Waals surface area contributed by atoms with Crippen molar-refractivity contribution in [1.29, 1.82) is 0 Å². The Hall–Kier alpha value is -0.580. The zero-order valence-corrected chi connectivity index (χ0v) is 19.0. The van der Waals surface area contributed by atoms with Crippen LogP contribution in [-0.4, -0.2) is 87.4 Å². The molecule has 1 aromatic heterocycles. The normalized spacial score (nSPS) is 22.2. The topological polar surface area (TPSA) is 43.3 Å². The van der Waals surface area contributed by atoms with Crippen LogP contribution in [0.25, 0.3) is 0 Å². The molecule has 2 aliphatic heterocycles. The van der Waals surface area contributed by atoms with E-state index in [1.54, 1.807) is 0 Å². The zero-order valence-electron chi connectivity index (χ0n) is 15.9. The summed E-state index contributed by atoms with van der Waals surface area (Å²) in [5.74, 6) is 1.06. The van der Waals surface area contributed by atoms with Gasteiger partial charge in [0.1, 0.15) is 0 Å². The average molecular weight is 493 g/mol. The molecule has 2 fully saturated rings. The number of halogens is 1. The summed E-state index contributed by atoms with van der Waals surface area (Å²) in [7, 11) is 0. The van der Waals surface area contributed by atoms with E-state index >= 15 is 0 Å². The molecule has 6 nitrogen and oxygen atoms in total. The van der Waals surface area contributed by atoms with Gasteiger partial charge in [-0.2, -0.15) is 0 Å². The molecule has 8 heteroatoms. The molecule has 148 valence electrons. The first-order valence-corrected chi connectivity index (χ1v) is 10.3. The monoisotopic (exact) mass is 493 g/mol. The van der Waals surface area contributed by atoms with Crippen molar-refractivity contribution < 1.29 is 4.74 Å². The Morgan fingerprint density at radius 2 is 2.12 bits per heavy atom. The lowest BCUT2D eigenvalue weighted by molar-refractivity contribution is 0.00139. The van der Waals surface area contributed by atoms with Crippen LogP contribution in [0.3, 0.4) is 0 Å². The number of anilines is 1. The molecule has 1 N–H and O–H groups in total. The van der Waals surface area contributed by atoms with Gasteiger partial charge in [-0.15, -0.1) is 35.3 Å². The molecule has 1 atom stereocenters. The maximum Gasteiger partial charge on any atom is 0.194 e. The molecule has 0 saturated carbocycles. The van der Waals surface area contributed by atoms with Crippen molar-refractivity contribution in [3.63, 3.8) is 0 Å². The first-order chi connectivity index (χ1) is 12.3. The minimum absolute atomic E-state index is 0. The summed E-state index contributed by atoms with van der Waals surface area (Å²) in [5, 5.41) is 7.00. The Balaban J connectivity index is 0.00000243. The number of nitrogens with one attached hydrogen (secondary N) is 1. The maximum absolute atomic E-state index is 5.51. The van der Waals surface area contributed by atoms with E-state index in [0.29, 0.717) is 6.04 Å². The molecule has 3 rings (SSSR count). The van der Waals surface area contributed by atoms with E-state index in [2.05, 4.69) is 51.4 Å². The number of rotatable bonds is 5. The fraction of sp³-hybridized carbons (Fsp3) is 0.722. The van der Waals surface area contributed by atoms with Crippen LogP contribution < -0.4 is 10.2 Å². The average Bonchev–Trinajstić information content (AvgIpc) is 3.17. The van der Waals surface area contributed by atoms with Gasteiger partial charge < -0.3 is 19.9 Å². The molecular weight excluding hydrogens is 461 g/mol. The summed E-state index contributed by atoms with van der Waals surface area (Å²) >= 11 is 1.82. The van der Waals surface area contributed by atoms with Gasteiger partial charge in [0.15, 0.2) is 5.96 Å². The van der Waals surface area contributed by atoms with Crippen molar-refractivity contribution in [3.05, 3.63) is 17.5 Å². The van der Waals surface area contributed by atoms with Crippen LogP contribution in [0.1, 0.15) is 13.8 Å². The Labute approximate surface area is 178 Å². The SMILES string of the molecule is CCNC(=NCCN1CCOCC1C)N1CCN(c2cccs2)CC1.I. The van der Waals surface area contributed by atoms with Gasteiger partial charge in [0.25, 0.3) is 0 Å². The summed E-state index contributed by atoms with van der Waals surface area (Å²) in [5.41, 5.74) is 0. The molecule has 2 aliphatic rings. The molecule has 2 saturated heterocycles. The molecule has 26 heavy (non-hydrogen) atoms. The highest BCUT2D eigenvalue weighted by molar-refractivity contribution is 14.0. The molecule has 0 aliphatic carbocycles. The fourth-order valence-electron chi connectivity index (χ4n) is 3.39. The van der Waals surface area contributed by atoms with E-state index in [9.17, 15) is 0 Å². The molecule has 0 spiro atoms. The number of morpholine rings is 1. The van der Waals surface area contributed by atoms with E-state index in [0.717, 1.165) is 71.5 Å². The van der Waals surface area contributed by atoms with E-state index in [4.69, 9.17) is 9.73 Å². The fourth-order valence-corrected chi connectivity index (χ4v) is 4.18. The molecule has 0 radical (unpaired) electrons. The van der Waals surface area contributed by atoms with Crippen LogP contribution >= 0.6 is 35.3 Å². The highest BCUT2D eigenvalue weighted by atomic mass is 127. The van der Waals surface area contributed by atoms with Crippen LogP contribution in [-0.2, 0) is 4.74 Å². The molecule has 1 unspecified atom stereocenters. The molecule has 0 amide bonds. The predicted molar refractivity (Wildman–Crippen MR) is 121 cm³/mol. The summed E-state index contributed by atoms with van der Waals surface area (Å²) in [4.78, 5) is 12.2. The number of guanidine groups is 1. The second-order valence-corrected chi connectivity index (χ2v) is 7.55. The number of hydrogen-bond donors (Lipinski definition) is 1. The summed E-state index contributed by atoms with van der Waals surface area (Å²) in [6.07, 6.45) is 0. The minimum atomic E-state index is 0. The predicted octanol–water partition coefficient (Wildman–Crippen LogP) is 2.17. The highest BCUT2D eigenvalue weighted by Crippen LogP contribution is 2.22. The number of hydrogen-bond acceptors (Lipinski definition) is 5. The van der Waals surface area contributed by atoms with Crippen LogP contribution in [0.15, 0.2) is 22.5 Å². The van der Waals surface area contributed by atoms with E-state index < -0.39 is 0 Å². The van der Waals surface area contributed by atoms with E-state index in [1.807, 2.05) is 11.3 Å². The lowest BCUT2D eigenvalue weighted by Crippen LogP contribution is -2.52. The number of nitrogens with zero attached hydrogens (tertiary/aromatic N) is 4. The third-order valence-corrected chi connectivity index (χ3v) is 5.81. The first-order valence-electron chi connectivity index (χ1n) is 9.41. The number of piperazine rings is 1. The van der Waals surface area contributed by atoms with Gasteiger partial charge in [-0.05, 0) is 31.4 Å². The third-order valence-electron chi connectivity index (χ3n) is 4.89. The zero-order chi connectivity index (χ0) is 17.5. The van der Waals surface area contributed by atoms with Crippen molar-refractivity contribution in [2.24, 2.45) is 4.99 Å². The molecule has 0 aromatic carbocycles. The number of ether oxygens (including phenoxy) is 1. The van der Waals surface area contributed by atoms with Gasteiger partial charge in [0.2, 0.25) is 0 Å². The van der Waals surface area contributed by atoms with Crippen molar-refractivity contribution in [2.75, 3.05) is 70.5 Å². The minimum Gasteiger partial charge on any atom is -0.379 e. The first kappa shape index (κ1) is 21.7. The molecular formula is C18H32IN5OS. The van der Waals surface area contributed by atoms with Gasteiger partial charge in [-0.1, -0.05) is 0 Å². The lowest BCUT2D eigenvalue weighted by Gasteiger charge is -2.37. The highest BCUT2D eigenvalue weighted by Gasteiger charge is 2.21. The largest absolute Gasteiger partial charge is 0.379 e. The number of aliphatic imine (C=N–C) groups is 1. The summed E-state index contributed by atoms with van der Waals surface area (Å²) in [6, 6.07) is 4.84. The van der Waals surface area contributed by atoms with Gasteiger partial charge >= 0.3 is 0 Å². The van der Waals surface area contributed by atoms with Gasteiger partial charge in [-0.3, -0.25) is 9.89 Å². The van der Waals surface area contributed by atoms with Crippen molar-refractivity contribution in [1.82, 2.24) is 15.1 Å². The van der Waals surface area contributed by atoms with Crippen molar-refractivity contribution in [2.45, 2.75) is 19.9 Å². The van der Waals surface area contributed by atoms with Crippen LogP contribution in [0, 0.1) is 0 Å². The van der Waals surface area contributed by atoms with E-state index in [-0.39, 0.29) is 24.0 Å². The summed E-state index contributed by atoms with van der Waals surface area (Å²) in [6.45, 7) is 14.0. The van der Waals surface area contributed by atoms with Crippen LogP contribution in [0.2, 0.25) is 0 Å². The Bertz CT molecular complexity index is 534. The van der Waals surface area contributed by atoms with Gasteiger partial charge in [0, 0.05) is 51.9 Å². The van der Waals surface area contributed by atoms with Crippen LogP contribution in [0.4, 0.5) is 5.00 Å². The Morgan fingerprint density at radius 3 is 2.77 bits per heavy atom. The lowest BCUT2D eigenvalue weighted by atomic mass is 10.2. The van der Waals surface area contributed by atoms with E-state index in [1.165, 1.54) is 5.00 Å². The third kappa shape index (κ3) is 5.97.